The van der Waals surface area contributed by atoms with E-state index < -0.39 is 57.7 Å². The van der Waals surface area contributed by atoms with Crippen LogP contribution < -0.4 is 0 Å². The van der Waals surface area contributed by atoms with Crippen LogP contribution >= 0.6 is 23.2 Å². The molecule has 1 aliphatic rings. The van der Waals surface area contributed by atoms with E-state index in [4.69, 9.17) is 27.9 Å². The molecule has 0 bridgehead atoms. The first-order chi connectivity index (χ1) is 11.4. The van der Waals surface area contributed by atoms with Gasteiger partial charge < -0.3 is 4.74 Å². The molecule has 0 amide bonds. The summed E-state index contributed by atoms with van der Waals surface area (Å²) >= 11 is 10.8. The number of halogens is 7. The van der Waals surface area contributed by atoms with Gasteiger partial charge in [-0.05, 0) is 23.5 Å². The Labute approximate surface area is 150 Å². The predicted octanol–water partition coefficient (Wildman–Crippen LogP) is 5.62. The summed E-state index contributed by atoms with van der Waals surface area (Å²) in [5, 5.41) is -1.83. The average Bonchev–Trinajstić information content (AvgIpc) is 3.02. The SMILES string of the molecule is CC1(C)[C@H](C(=O)OCc2c(F)ccc(F)c2Cl)[C@@H]1/C=C(\Cl)C(F)(F)F. The first-order valence-electron chi connectivity index (χ1n) is 7.11. The van der Waals surface area contributed by atoms with E-state index in [0.717, 1.165) is 18.2 Å². The van der Waals surface area contributed by atoms with Gasteiger partial charge in [0.05, 0.1) is 10.9 Å². The number of ether oxygens (including phenoxy) is 1. The molecule has 1 aliphatic carbocycles. The third-order valence-electron chi connectivity index (χ3n) is 4.26. The van der Waals surface area contributed by atoms with E-state index in [0.29, 0.717) is 0 Å². The molecule has 0 aliphatic heterocycles. The summed E-state index contributed by atoms with van der Waals surface area (Å²) in [5.41, 5.74) is -1.14. The summed E-state index contributed by atoms with van der Waals surface area (Å²) in [6, 6.07) is 1.66. The van der Waals surface area contributed by atoms with Crippen molar-refractivity contribution >= 4 is 29.2 Å². The third-order valence-corrected chi connectivity index (χ3v) is 5.01. The van der Waals surface area contributed by atoms with Crippen LogP contribution in [0.2, 0.25) is 5.02 Å². The monoisotopic (exact) mass is 402 g/mol. The number of hydrogen-bond donors (Lipinski definition) is 0. The van der Waals surface area contributed by atoms with Crippen molar-refractivity contribution in [1.82, 2.24) is 0 Å². The standard InChI is InChI=1S/C16H13Cl2F5O2/c1-15(2)8(5-11(17)16(21,22)23)12(15)14(24)25-6-7-9(19)3-4-10(20)13(7)18/h3-5,8,12H,6H2,1-2H3/b11-5-/t8-,12-/m0/s1. The molecular weight excluding hydrogens is 390 g/mol. The smallest absolute Gasteiger partial charge is 0.426 e. The maximum atomic E-state index is 13.6. The van der Waals surface area contributed by atoms with Gasteiger partial charge in [-0.2, -0.15) is 13.2 Å². The fourth-order valence-electron chi connectivity index (χ4n) is 2.63. The highest BCUT2D eigenvalue weighted by Gasteiger charge is 2.62. The lowest BCUT2D eigenvalue weighted by Gasteiger charge is -2.09. The predicted molar refractivity (Wildman–Crippen MR) is 81.9 cm³/mol. The molecule has 1 saturated carbocycles. The van der Waals surface area contributed by atoms with E-state index in [1.54, 1.807) is 13.8 Å². The maximum absolute atomic E-state index is 13.6. The summed E-state index contributed by atoms with van der Waals surface area (Å²) in [5.74, 6) is -4.22. The Kier molecular flexibility index (Phi) is 5.40. The lowest BCUT2D eigenvalue weighted by Crippen LogP contribution is -2.12. The second-order valence-electron chi connectivity index (χ2n) is 6.27. The van der Waals surface area contributed by atoms with Crippen molar-refractivity contribution in [1.29, 1.82) is 0 Å². The lowest BCUT2D eigenvalue weighted by atomic mass is 10.1. The fourth-order valence-corrected chi connectivity index (χ4v) is 2.97. The molecule has 0 radical (unpaired) electrons. The van der Waals surface area contributed by atoms with Crippen LogP contribution in [0.3, 0.4) is 0 Å². The van der Waals surface area contributed by atoms with Gasteiger partial charge in [0.2, 0.25) is 0 Å². The highest BCUT2D eigenvalue weighted by atomic mass is 35.5. The molecule has 0 N–H and O–H groups in total. The molecule has 25 heavy (non-hydrogen) atoms. The van der Waals surface area contributed by atoms with E-state index in [2.05, 4.69) is 0 Å². The Morgan fingerprint density at radius 3 is 2.40 bits per heavy atom. The summed E-state index contributed by atoms with van der Waals surface area (Å²) < 4.78 is 69.4. The Balaban J connectivity index is 2.09. The second-order valence-corrected chi connectivity index (χ2v) is 7.05. The number of hydrogen-bond acceptors (Lipinski definition) is 2. The van der Waals surface area contributed by atoms with Gasteiger partial charge >= 0.3 is 12.1 Å². The van der Waals surface area contributed by atoms with Gasteiger partial charge in [0.15, 0.2) is 0 Å². The van der Waals surface area contributed by atoms with Crippen molar-refractivity contribution in [2.45, 2.75) is 26.6 Å². The van der Waals surface area contributed by atoms with Crippen LogP contribution in [-0.2, 0) is 16.1 Å². The number of esters is 1. The van der Waals surface area contributed by atoms with E-state index in [1.807, 2.05) is 0 Å². The number of rotatable bonds is 4. The second kappa shape index (κ2) is 6.76. The number of alkyl halides is 3. The van der Waals surface area contributed by atoms with Crippen LogP contribution in [0.4, 0.5) is 22.0 Å². The van der Waals surface area contributed by atoms with Gasteiger partial charge in [-0.15, -0.1) is 0 Å². The zero-order chi connectivity index (χ0) is 19.2. The molecule has 2 rings (SSSR count). The zero-order valence-electron chi connectivity index (χ0n) is 13.1. The summed E-state index contributed by atoms with van der Waals surface area (Å²) in [6.07, 6.45) is -3.93. The molecule has 0 aromatic heterocycles. The molecule has 0 unspecified atom stereocenters. The normalized spacial score (nSPS) is 22.7. The highest BCUT2D eigenvalue weighted by Crippen LogP contribution is 2.60. The molecule has 1 fully saturated rings. The summed E-state index contributed by atoms with van der Waals surface area (Å²) in [4.78, 5) is 12.1. The molecule has 9 heteroatoms. The van der Waals surface area contributed by atoms with Crippen LogP contribution in [0.5, 0.6) is 0 Å². The molecule has 0 heterocycles. The fraction of sp³-hybridized carbons (Fsp3) is 0.438. The molecule has 0 spiro atoms. The van der Waals surface area contributed by atoms with Crippen molar-refractivity contribution in [3.63, 3.8) is 0 Å². The minimum Gasteiger partial charge on any atom is -0.460 e. The van der Waals surface area contributed by atoms with Gasteiger partial charge in [-0.25, -0.2) is 8.78 Å². The largest absolute Gasteiger partial charge is 0.460 e. The quantitative estimate of drug-likeness (QED) is 0.371. The van der Waals surface area contributed by atoms with Crippen LogP contribution in [-0.4, -0.2) is 12.1 Å². The topological polar surface area (TPSA) is 26.3 Å². The number of benzene rings is 1. The Bertz CT molecular complexity index is 728. The maximum Gasteiger partial charge on any atom is 0.426 e. The van der Waals surface area contributed by atoms with E-state index in [1.165, 1.54) is 0 Å². The van der Waals surface area contributed by atoms with Crippen molar-refractivity contribution in [3.05, 3.63) is 45.5 Å². The van der Waals surface area contributed by atoms with E-state index in [9.17, 15) is 26.7 Å². The average molecular weight is 403 g/mol. The summed E-state index contributed by atoms with van der Waals surface area (Å²) in [6.45, 7) is 2.53. The Hall–Kier alpha value is -1.34. The van der Waals surface area contributed by atoms with Gasteiger partial charge in [0, 0.05) is 5.56 Å². The molecular formula is C16H13Cl2F5O2. The molecule has 1 aromatic carbocycles. The minimum absolute atomic E-state index is 0.339. The van der Waals surface area contributed by atoms with Gasteiger partial charge in [0.25, 0.3) is 0 Å². The zero-order valence-corrected chi connectivity index (χ0v) is 14.6. The van der Waals surface area contributed by atoms with Gasteiger partial charge in [-0.3, -0.25) is 4.79 Å². The van der Waals surface area contributed by atoms with Crippen LogP contribution in [0.25, 0.3) is 0 Å². The lowest BCUT2D eigenvalue weighted by molar-refractivity contribution is -0.147. The van der Waals surface area contributed by atoms with Crippen molar-refractivity contribution in [2.24, 2.45) is 17.3 Å². The van der Waals surface area contributed by atoms with Crippen LogP contribution in [0, 0.1) is 28.9 Å². The minimum atomic E-state index is -4.70. The Morgan fingerprint density at radius 2 is 1.84 bits per heavy atom. The molecule has 1 aromatic rings. The van der Waals surface area contributed by atoms with Gasteiger partial charge in [-0.1, -0.05) is 43.1 Å². The molecule has 2 atom stereocenters. The highest BCUT2D eigenvalue weighted by molar-refractivity contribution is 6.31. The van der Waals surface area contributed by atoms with Crippen LogP contribution in [0.1, 0.15) is 19.4 Å². The van der Waals surface area contributed by atoms with E-state index in [-0.39, 0.29) is 5.56 Å². The number of carbonyl (C=O) groups excluding carboxylic acids is 1. The van der Waals surface area contributed by atoms with Crippen LogP contribution in [0.15, 0.2) is 23.2 Å². The van der Waals surface area contributed by atoms with Crippen molar-refractivity contribution in [2.75, 3.05) is 0 Å². The first-order valence-corrected chi connectivity index (χ1v) is 7.86. The molecule has 0 saturated heterocycles. The van der Waals surface area contributed by atoms with E-state index >= 15 is 0 Å². The number of carbonyl (C=O) groups is 1. The van der Waals surface area contributed by atoms with Gasteiger partial charge in [0.1, 0.15) is 23.3 Å². The molecule has 2 nitrogen and oxygen atoms in total. The number of allylic oxidation sites excluding steroid dienone is 2. The first kappa shape index (κ1) is 20.0. The third kappa shape index (κ3) is 4.08. The Morgan fingerprint density at radius 1 is 1.28 bits per heavy atom. The summed E-state index contributed by atoms with van der Waals surface area (Å²) in [7, 11) is 0. The van der Waals surface area contributed by atoms with Crippen molar-refractivity contribution < 1.29 is 31.5 Å². The molecule has 138 valence electrons. The van der Waals surface area contributed by atoms with Crippen molar-refractivity contribution in [3.8, 4) is 0 Å².